The lowest BCUT2D eigenvalue weighted by Gasteiger charge is -2.09. The van der Waals surface area contributed by atoms with Crippen molar-refractivity contribution in [2.75, 3.05) is 5.32 Å². The third-order valence-corrected chi connectivity index (χ3v) is 2.13. The highest BCUT2D eigenvalue weighted by molar-refractivity contribution is 5.91. The van der Waals surface area contributed by atoms with Gasteiger partial charge in [-0.3, -0.25) is 9.48 Å². The predicted octanol–water partition coefficient (Wildman–Crippen LogP) is 1.40. The minimum Gasteiger partial charge on any atom is -0.311 e. The standard InChI is InChI=1S/C9H15N3O/c1-4-7(2)9(13)11-8-5-6-10-12(8)3/h5-7H,4H2,1-3H3,(H,11,13). The van der Waals surface area contributed by atoms with Crippen LogP contribution in [-0.2, 0) is 11.8 Å². The molecule has 0 aliphatic rings. The molecular formula is C9H15N3O. The maximum Gasteiger partial charge on any atom is 0.228 e. The zero-order valence-electron chi connectivity index (χ0n) is 8.24. The SMILES string of the molecule is CCC(C)C(=O)Nc1ccnn1C. The van der Waals surface area contributed by atoms with Crippen molar-refractivity contribution in [2.45, 2.75) is 20.3 Å². The molecule has 4 nitrogen and oxygen atoms in total. The summed E-state index contributed by atoms with van der Waals surface area (Å²) in [6.45, 7) is 3.90. The van der Waals surface area contributed by atoms with Gasteiger partial charge in [0.1, 0.15) is 5.82 Å². The lowest BCUT2D eigenvalue weighted by atomic mass is 10.1. The van der Waals surface area contributed by atoms with E-state index in [4.69, 9.17) is 0 Å². The first-order valence-corrected chi connectivity index (χ1v) is 4.44. The monoisotopic (exact) mass is 181 g/mol. The lowest BCUT2D eigenvalue weighted by Crippen LogP contribution is -2.21. The lowest BCUT2D eigenvalue weighted by molar-refractivity contribution is -0.119. The van der Waals surface area contributed by atoms with Crippen LogP contribution in [0.3, 0.4) is 0 Å². The zero-order valence-corrected chi connectivity index (χ0v) is 8.24. The molecular weight excluding hydrogens is 166 g/mol. The molecule has 1 N–H and O–H groups in total. The van der Waals surface area contributed by atoms with Crippen molar-refractivity contribution in [3.63, 3.8) is 0 Å². The Bertz CT molecular complexity index is 293. The largest absolute Gasteiger partial charge is 0.311 e. The Hall–Kier alpha value is -1.32. The molecule has 0 saturated carbocycles. The zero-order chi connectivity index (χ0) is 9.84. The number of hydrogen-bond donors (Lipinski definition) is 1. The van der Waals surface area contributed by atoms with Crippen LogP contribution in [0.4, 0.5) is 5.82 Å². The molecule has 1 unspecified atom stereocenters. The van der Waals surface area contributed by atoms with Crippen LogP contribution in [0.1, 0.15) is 20.3 Å². The quantitative estimate of drug-likeness (QED) is 0.766. The van der Waals surface area contributed by atoms with Gasteiger partial charge in [-0.2, -0.15) is 5.10 Å². The molecule has 0 fully saturated rings. The average molecular weight is 181 g/mol. The smallest absolute Gasteiger partial charge is 0.228 e. The van der Waals surface area contributed by atoms with Gasteiger partial charge in [-0.1, -0.05) is 13.8 Å². The number of rotatable bonds is 3. The van der Waals surface area contributed by atoms with Gasteiger partial charge in [-0.25, -0.2) is 0 Å². The molecule has 0 saturated heterocycles. The van der Waals surface area contributed by atoms with Gasteiger partial charge in [0.2, 0.25) is 5.91 Å². The molecule has 72 valence electrons. The molecule has 1 rings (SSSR count). The van der Waals surface area contributed by atoms with E-state index < -0.39 is 0 Å². The number of carbonyl (C=O) groups is 1. The van der Waals surface area contributed by atoms with Crippen molar-refractivity contribution in [1.82, 2.24) is 9.78 Å². The summed E-state index contributed by atoms with van der Waals surface area (Å²) in [5, 5.41) is 6.76. The molecule has 13 heavy (non-hydrogen) atoms. The fourth-order valence-corrected chi connectivity index (χ4v) is 0.931. The fraction of sp³-hybridized carbons (Fsp3) is 0.556. The van der Waals surface area contributed by atoms with E-state index in [9.17, 15) is 4.79 Å². The highest BCUT2D eigenvalue weighted by Gasteiger charge is 2.11. The first-order chi connectivity index (χ1) is 6.15. The van der Waals surface area contributed by atoms with E-state index in [0.717, 1.165) is 12.2 Å². The molecule has 1 amide bonds. The van der Waals surface area contributed by atoms with Crippen LogP contribution >= 0.6 is 0 Å². The van der Waals surface area contributed by atoms with E-state index in [1.165, 1.54) is 0 Å². The van der Waals surface area contributed by atoms with E-state index in [1.54, 1.807) is 24.0 Å². The van der Waals surface area contributed by atoms with E-state index in [-0.39, 0.29) is 11.8 Å². The van der Waals surface area contributed by atoms with Crippen molar-refractivity contribution in [3.05, 3.63) is 12.3 Å². The fourth-order valence-electron chi connectivity index (χ4n) is 0.931. The van der Waals surface area contributed by atoms with Crippen molar-refractivity contribution in [3.8, 4) is 0 Å². The summed E-state index contributed by atoms with van der Waals surface area (Å²) in [6.07, 6.45) is 2.51. The Morgan fingerprint density at radius 1 is 1.77 bits per heavy atom. The highest BCUT2D eigenvalue weighted by Crippen LogP contribution is 2.08. The molecule has 1 aromatic rings. The minimum atomic E-state index is 0.0473. The van der Waals surface area contributed by atoms with Crippen molar-refractivity contribution in [2.24, 2.45) is 13.0 Å². The second-order valence-corrected chi connectivity index (χ2v) is 3.14. The topological polar surface area (TPSA) is 46.9 Å². The normalized spacial score (nSPS) is 12.5. The number of aryl methyl sites for hydroxylation is 1. The summed E-state index contributed by atoms with van der Waals surface area (Å²) in [4.78, 5) is 11.4. The van der Waals surface area contributed by atoms with Gasteiger partial charge in [0.05, 0.1) is 6.20 Å². The predicted molar refractivity (Wildman–Crippen MR) is 51.3 cm³/mol. The van der Waals surface area contributed by atoms with E-state index in [1.807, 2.05) is 13.8 Å². The Kier molecular flexibility index (Phi) is 3.06. The molecule has 0 aliphatic carbocycles. The molecule has 1 heterocycles. The highest BCUT2D eigenvalue weighted by atomic mass is 16.1. The molecule has 0 spiro atoms. The summed E-state index contributed by atoms with van der Waals surface area (Å²) in [5.74, 6) is 0.839. The summed E-state index contributed by atoms with van der Waals surface area (Å²) < 4.78 is 1.64. The van der Waals surface area contributed by atoms with Gasteiger partial charge in [-0.15, -0.1) is 0 Å². The van der Waals surface area contributed by atoms with Gasteiger partial charge in [0.25, 0.3) is 0 Å². The van der Waals surface area contributed by atoms with Gasteiger partial charge >= 0.3 is 0 Å². The van der Waals surface area contributed by atoms with Gasteiger partial charge in [0.15, 0.2) is 0 Å². The number of amides is 1. The van der Waals surface area contributed by atoms with Crippen molar-refractivity contribution >= 4 is 11.7 Å². The first-order valence-electron chi connectivity index (χ1n) is 4.44. The average Bonchev–Trinajstić information content (AvgIpc) is 2.50. The van der Waals surface area contributed by atoms with Crippen LogP contribution in [0.25, 0.3) is 0 Å². The van der Waals surface area contributed by atoms with Crippen LogP contribution < -0.4 is 5.32 Å². The van der Waals surface area contributed by atoms with Crippen LogP contribution in [0.15, 0.2) is 12.3 Å². The first kappa shape index (κ1) is 9.77. The molecule has 1 aromatic heterocycles. The Labute approximate surface area is 77.9 Å². The number of anilines is 1. The van der Waals surface area contributed by atoms with Crippen LogP contribution in [0.5, 0.6) is 0 Å². The summed E-state index contributed by atoms with van der Waals surface area (Å²) in [6, 6.07) is 1.78. The minimum absolute atomic E-state index is 0.0473. The Balaban J connectivity index is 2.60. The summed E-state index contributed by atoms with van der Waals surface area (Å²) in [5.41, 5.74) is 0. The van der Waals surface area contributed by atoms with Crippen LogP contribution in [0.2, 0.25) is 0 Å². The molecule has 4 heteroatoms. The third-order valence-electron chi connectivity index (χ3n) is 2.13. The van der Waals surface area contributed by atoms with Crippen LogP contribution in [-0.4, -0.2) is 15.7 Å². The third kappa shape index (κ3) is 2.31. The molecule has 0 aromatic carbocycles. The second kappa shape index (κ2) is 4.07. The second-order valence-electron chi connectivity index (χ2n) is 3.14. The van der Waals surface area contributed by atoms with Crippen molar-refractivity contribution < 1.29 is 4.79 Å². The number of aromatic nitrogens is 2. The maximum absolute atomic E-state index is 11.4. The number of carbonyl (C=O) groups excluding carboxylic acids is 1. The van der Waals surface area contributed by atoms with E-state index in [0.29, 0.717) is 0 Å². The number of nitrogens with one attached hydrogen (secondary N) is 1. The molecule has 0 bridgehead atoms. The van der Waals surface area contributed by atoms with Gasteiger partial charge in [-0.05, 0) is 6.42 Å². The maximum atomic E-state index is 11.4. The number of nitrogens with zero attached hydrogens (tertiary/aromatic N) is 2. The molecule has 0 radical (unpaired) electrons. The van der Waals surface area contributed by atoms with E-state index >= 15 is 0 Å². The molecule has 0 aliphatic heterocycles. The Morgan fingerprint density at radius 2 is 2.46 bits per heavy atom. The Morgan fingerprint density at radius 3 is 2.92 bits per heavy atom. The van der Waals surface area contributed by atoms with Gasteiger partial charge in [0, 0.05) is 19.0 Å². The van der Waals surface area contributed by atoms with Gasteiger partial charge < -0.3 is 5.32 Å². The molecule has 1 atom stereocenters. The van der Waals surface area contributed by atoms with E-state index in [2.05, 4.69) is 10.4 Å². The summed E-state index contributed by atoms with van der Waals surface area (Å²) >= 11 is 0. The number of hydrogen-bond acceptors (Lipinski definition) is 2. The summed E-state index contributed by atoms with van der Waals surface area (Å²) in [7, 11) is 1.80. The van der Waals surface area contributed by atoms with Crippen molar-refractivity contribution in [1.29, 1.82) is 0 Å². The van der Waals surface area contributed by atoms with Crippen LogP contribution in [0, 0.1) is 5.92 Å².